The van der Waals surface area contributed by atoms with E-state index in [1.54, 1.807) is 7.11 Å². The second-order valence-electron chi connectivity index (χ2n) is 12.2. The fourth-order valence-electron chi connectivity index (χ4n) is 5.44. The predicted octanol–water partition coefficient (Wildman–Crippen LogP) is 6.28. The molecule has 0 spiro atoms. The number of piperidine rings is 1. The van der Waals surface area contributed by atoms with Crippen molar-refractivity contribution >= 4 is 11.6 Å². The molecule has 7 heteroatoms. The molecule has 1 fully saturated rings. The van der Waals surface area contributed by atoms with E-state index in [1.807, 2.05) is 33.8 Å². The van der Waals surface area contributed by atoms with Crippen LogP contribution in [0.5, 0.6) is 5.75 Å². The van der Waals surface area contributed by atoms with E-state index in [4.69, 9.17) is 14.8 Å². The SMILES string of the molecule is COc1ccc(Cc2nn3ccc(C(=O)N(CCC(C)C)CCC(C)C)nc3c2CCCN2CCCCC2)cc1. The number of hydrogen-bond donors (Lipinski definition) is 0. The molecule has 0 bridgehead atoms. The molecule has 1 aromatic carbocycles. The van der Waals surface area contributed by atoms with Crippen LogP contribution in [0.4, 0.5) is 0 Å². The van der Waals surface area contributed by atoms with Crippen molar-refractivity contribution in [2.75, 3.05) is 39.8 Å². The highest BCUT2D eigenvalue weighted by Crippen LogP contribution is 2.23. The van der Waals surface area contributed by atoms with Crippen molar-refractivity contribution in [3.05, 3.63) is 59.0 Å². The zero-order valence-electron chi connectivity index (χ0n) is 25.4. The third-order valence-electron chi connectivity index (χ3n) is 8.00. The standard InChI is InChI=1S/C33H49N5O2/c1-25(2)15-21-37(22-16-26(3)4)33(39)30-17-23-38-32(34-30)29(10-9-20-36-18-7-6-8-19-36)31(35-38)24-27-11-13-28(40-5)14-12-27/h11-14,17,23,25-26H,6-10,15-16,18-22,24H2,1-5H3. The van der Waals surface area contributed by atoms with Crippen LogP contribution in [0.2, 0.25) is 0 Å². The number of ether oxygens (including phenoxy) is 1. The van der Waals surface area contributed by atoms with Crippen molar-refractivity contribution in [2.24, 2.45) is 11.8 Å². The molecule has 40 heavy (non-hydrogen) atoms. The van der Waals surface area contributed by atoms with Crippen LogP contribution < -0.4 is 4.74 Å². The van der Waals surface area contributed by atoms with Gasteiger partial charge in [0.2, 0.25) is 0 Å². The lowest BCUT2D eigenvalue weighted by molar-refractivity contribution is 0.0735. The summed E-state index contributed by atoms with van der Waals surface area (Å²) in [5, 5.41) is 4.96. The minimum absolute atomic E-state index is 0.0287. The van der Waals surface area contributed by atoms with E-state index in [0.717, 1.165) is 68.8 Å². The van der Waals surface area contributed by atoms with Crippen LogP contribution in [0.3, 0.4) is 0 Å². The zero-order valence-corrected chi connectivity index (χ0v) is 25.4. The van der Waals surface area contributed by atoms with E-state index in [2.05, 4.69) is 44.7 Å². The van der Waals surface area contributed by atoms with Gasteiger partial charge >= 0.3 is 0 Å². The highest BCUT2D eigenvalue weighted by atomic mass is 16.5. The van der Waals surface area contributed by atoms with Crippen molar-refractivity contribution in [1.82, 2.24) is 24.4 Å². The zero-order chi connectivity index (χ0) is 28.5. The Morgan fingerprint density at radius 2 is 1.65 bits per heavy atom. The van der Waals surface area contributed by atoms with E-state index in [0.29, 0.717) is 17.5 Å². The number of carbonyl (C=O) groups is 1. The fraction of sp³-hybridized carbons (Fsp3) is 0.606. The predicted molar refractivity (Wildman–Crippen MR) is 162 cm³/mol. The van der Waals surface area contributed by atoms with Gasteiger partial charge in [-0.15, -0.1) is 0 Å². The number of hydrogen-bond acceptors (Lipinski definition) is 5. The lowest BCUT2D eigenvalue weighted by Gasteiger charge is -2.26. The van der Waals surface area contributed by atoms with E-state index in [9.17, 15) is 4.79 Å². The van der Waals surface area contributed by atoms with Gasteiger partial charge in [0.05, 0.1) is 12.8 Å². The largest absolute Gasteiger partial charge is 0.497 e. The maximum atomic E-state index is 13.7. The van der Waals surface area contributed by atoms with Crippen molar-refractivity contribution in [2.45, 2.75) is 79.1 Å². The molecular formula is C33H49N5O2. The van der Waals surface area contributed by atoms with Gasteiger partial charge in [-0.2, -0.15) is 5.10 Å². The minimum atomic E-state index is 0.0287. The number of likely N-dealkylation sites (tertiary alicyclic amines) is 1. The van der Waals surface area contributed by atoms with Gasteiger partial charge in [-0.3, -0.25) is 4.79 Å². The highest BCUT2D eigenvalue weighted by molar-refractivity contribution is 5.92. The summed E-state index contributed by atoms with van der Waals surface area (Å²) in [5.74, 6) is 1.98. The van der Waals surface area contributed by atoms with Crippen molar-refractivity contribution < 1.29 is 9.53 Å². The summed E-state index contributed by atoms with van der Waals surface area (Å²) < 4.78 is 7.22. The third kappa shape index (κ3) is 8.29. The molecule has 2 aromatic heterocycles. The molecule has 0 saturated carbocycles. The van der Waals surface area contributed by atoms with Gasteiger partial charge in [0, 0.05) is 31.3 Å². The summed E-state index contributed by atoms with van der Waals surface area (Å²) >= 11 is 0. The van der Waals surface area contributed by atoms with Crippen LogP contribution in [0.25, 0.3) is 5.65 Å². The molecule has 0 atom stereocenters. The van der Waals surface area contributed by atoms with Gasteiger partial charge in [-0.1, -0.05) is 46.2 Å². The topological polar surface area (TPSA) is 63.0 Å². The summed E-state index contributed by atoms with van der Waals surface area (Å²) in [4.78, 5) is 23.3. The lowest BCUT2D eigenvalue weighted by Crippen LogP contribution is -2.34. The lowest BCUT2D eigenvalue weighted by atomic mass is 10.0. The Morgan fingerprint density at radius 3 is 2.27 bits per heavy atom. The molecule has 218 valence electrons. The molecule has 1 amide bonds. The van der Waals surface area contributed by atoms with Gasteiger partial charge in [0.25, 0.3) is 5.91 Å². The summed E-state index contributed by atoms with van der Waals surface area (Å²) in [7, 11) is 1.69. The second kappa shape index (κ2) is 14.6. The Labute approximate surface area is 240 Å². The highest BCUT2D eigenvalue weighted by Gasteiger charge is 2.21. The smallest absolute Gasteiger partial charge is 0.272 e. The number of nitrogens with zero attached hydrogens (tertiary/aromatic N) is 5. The van der Waals surface area contributed by atoms with E-state index < -0.39 is 0 Å². The van der Waals surface area contributed by atoms with Crippen molar-refractivity contribution in [3.8, 4) is 5.75 Å². The monoisotopic (exact) mass is 547 g/mol. The number of aromatic nitrogens is 3. The molecule has 7 nitrogen and oxygen atoms in total. The van der Waals surface area contributed by atoms with Crippen LogP contribution in [0.1, 0.15) is 93.5 Å². The number of benzene rings is 1. The Balaban J connectivity index is 1.61. The van der Waals surface area contributed by atoms with Gasteiger partial charge in [-0.25, -0.2) is 9.50 Å². The van der Waals surface area contributed by atoms with Gasteiger partial charge < -0.3 is 14.5 Å². The first-order chi connectivity index (χ1) is 19.3. The van der Waals surface area contributed by atoms with Crippen LogP contribution in [-0.2, 0) is 12.8 Å². The van der Waals surface area contributed by atoms with E-state index >= 15 is 0 Å². The third-order valence-corrected chi connectivity index (χ3v) is 8.00. The maximum Gasteiger partial charge on any atom is 0.272 e. The van der Waals surface area contributed by atoms with Crippen LogP contribution in [0.15, 0.2) is 36.5 Å². The molecule has 1 saturated heterocycles. The first kappa shape index (κ1) is 30.0. The molecule has 0 radical (unpaired) electrons. The average Bonchev–Trinajstić information content (AvgIpc) is 3.29. The Kier molecular flexibility index (Phi) is 11.0. The summed E-state index contributed by atoms with van der Waals surface area (Å²) in [6, 6.07) is 10.0. The number of amides is 1. The summed E-state index contributed by atoms with van der Waals surface area (Å²) in [6.07, 6.45) is 10.6. The Morgan fingerprint density at radius 1 is 0.975 bits per heavy atom. The number of rotatable bonds is 14. The first-order valence-corrected chi connectivity index (χ1v) is 15.4. The summed E-state index contributed by atoms with van der Waals surface area (Å²) in [6.45, 7) is 13.9. The van der Waals surface area contributed by atoms with Crippen LogP contribution >= 0.6 is 0 Å². The van der Waals surface area contributed by atoms with Crippen molar-refractivity contribution in [1.29, 1.82) is 0 Å². The Hall–Kier alpha value is -2.93. The van der Waals surface area contributed by atoms with Crippen LogP contribution in [0, 0.1) is 11.8 Å². The van der Waals surface area contributed by atoms with E-state index in [1.165, 1.54) is 43.5 Å². The second-order valence-corrected chi connectivity index (χ2v) is 12.2. The Bertz CT molecular complexity index is 1200. The van der Waals surface area contributed by atoms with E-state index in [-0.39, 0.29) is 5.91 Å². The van der Waals surface area contributed by atoms with Crippen molar-refractivity contribution in [3.63, 3.8) is 0 Å². The number of fused-ring (bicyclic) bond motifs is 1. The number of carbonyl (C=O) groups excluding carboxylic acids is 1. The molecule has 1 aliphatic rings. The molecule has 0 unspecified atom stereocenters. The molecular weight excluding hydrogens is 498 g/mol. The molecule has 4 rings (SSSR count). The first-order valence-electron chi connectivity index (χ1n) is 15.4. The molecule has 0 aliphatic carbocycles. The molecule has 1 aliphatic heterocycles. The molecule has 0 N–H and O–H groups in total. The van der Waals surface area contributed by atoms with Crippen LogP contribution in [-0.4, -0.2) is 70.1 Å². The molecule has 3 heterocycles. The maximum absolute atomic E-state index is 13.7. The average molecular weight is 548 g/mol. The van der Waals surface area contributed by atoms with Gasteiger partial charge in [0.15, 0.2) is 5.65 Å². The van der Waals surface area contributed by atoms with Gasteiger partial charge in [-0.05, 0) is 93.8 Å². The molecule has 3 aromatic rings. The minimum Gasteiger partial charge on any atom is -0.497 e. The summed E-state index contributed by atoms with van der Waals surface area (Å²) in [5.41, 5.74) is 4.73. The fourth-order valence-corrected chi connectivity index (χ4v) is 5.44. The van der Waals surface area contributed by atoms with Gasteiger partial charge in [0.1, 0.15) is 11.4 Å². The quantitative estimate of drug-likeness (QED) is 0.238. The normalized spacial score (nSPS) is 14.4. The number of aryl methyl sites for hydroxylation is 1. The number of methoxy groups -OCH3 is 1.